The number of halogens is 5. The molecule has 4 heterocycles. The molecule has 0 fully saturated rings. The molecular formula is C73H59BrF4N4O9. The number of carboxylic acid groups (broad SMARTS) is 1. The van der Waals surface area contributed by atoms with Crippen molar-refractivity contribution < 1.29 is 61.0 Å². The van der Waals surface area contributed by atoms with Crippen molar-refractivity contribution in [1.82, 2.24) is 18.7 Å². The molecule has 8 aromatic carbocycles. The number of benzene rings is 8. The molecule has 2 N–H and O–H groups in total. The lowest BCUT2D eigenvalue weighted by molar-refractivity contribution is -0.148. The summed E-state index contributed by atoms with van der Waals surface area (Å²) in [5, 5.41) is 12.8. The molecule has 0 saturated carbocycles. The Morgan fingerprint density at radius 3 is 1.07 bits per heavy atom. The molecule has 0 atom stereocenters. The summed E-state index contributed by atoms with van der Waals surface area (Å²) >= 11 is 3.26. The zero-order valence-corrected chi connectivity index (χ0v) is 51.1. The number of Topliss-reactive ketones (excluding diaryl/α,β-unsaturated/α-hetero) is 7. The third-order valence-electron chi connectivity index (χ3n) is 14.5. The van der Waals surface area contributed by atoms with Crippen molar-refractivity contribution in [2.45, 2.75) is 58.6 Å². The molecule has 12 rings (SSSR count). The molecule has 0 aliphatic carbocycles. The summed E-state index contributed by atoms with van der Waals surface area (Å²) in [6, 6.07) is 55.1. The number of nitrogens with zero attached hydrogens (tertiary/aromatic N) is 3. The second-order valence-electron chi connectivity index (χ2n) is 21.0. The van der Waals surface area contributed by atoms with E-state index in [0.29, 0.717) is 36.1 Å². The minimum atomic E-state index is -1.62. The molecule has 0 amide bonds. The molecule has 0 saturated heterocycles. The van der Waals surface area contributed by atoms with E-state index in [0.717, 1.165) is 83.9 Å². The number of H-pyrrole nitrogens is 1. The first-order valence-corrected chi connectivity index (χ1v) is 29.5. The van der Waals surface area contributed by atoms with Gasteiger partial charge in [-0.2, -0.15) is 0 Å². The lowest BCUT2D eigenvalue weighted by Crippen LogP contribution is -2.17. The fourth-order valence-electron chi connectivity index (χ4n) is 9.84. The molecule has 0 aliphatic heterocycles. The van der Waals surface area contributed by atoms with E-state index in [-0.39, 0.29) is 40.6 Å². The number of aromatic amines is 1. The Bertz CT molecular complexity index is 4460. The highest BCUT2D eigenvalue weighted by atomic mass is 79.9. The van der Waals surface area contributed by atoms with Crippen LogP contribution in [0.1, 0.15) is 97.3 Å². The van der Waals surface area contributed by atoms with Gasteiger partial charge in [0.1, 0.15) is 23.3 Å². The average molecular weight is 1290 g/mol. The summed E-state index contributed by atoms with van der Waals surface area (Å²) in [5.41, 5.74) is 9.68. The lowest BCUT2D eigenvalue weighted by atomic mass is 10.0. The topological polar surface area (TPSA) is 187 Å². The summed E-state index contributed by atoms with van der Waals surface area (Å²) < 4.78 is 57.0. The average Bonchev–Trinajstić information content (AvgIpc) is 1.77. The van der Waals surface area contributed by atoms with E-state index in [1.165, 1.54) is 48.5 Å². The van der Waals surface area contributed by atoms with Gasteiger partial charge in [0.2, 0.25) is 11.6 Å². The second kappa shape index (κ2) is 31.0. The molecule has 12 aromatic rings. The number of carbonyl (C=O) groups is 8. The van der Waals surface area contributed by atoms with Crippen molar-refractivity contribution in [1.29, 1.82) is 0 Å². The van der Waals surface area contributed by atoms with Gasteiger partial charge >= 0.3 is 5.97 Å². The van der Waals surface area contributed by atoms with E-state index in [1.807, 2.05) is 105 Å². The van der Waals surface area contributed by atoms with Crippen LogP contribution in [0, 0.1) is 23.3 Å². The largest absolute Gasteiger partial charge is 0.475 e. The number of aromatic nitrogens is 4. The Hall–Kier alpha value is -10.7. The lowest BCUT2D eigenvalue weighted by Gasteiger charge is -2.05. The van der Waals surface area contributed by atoms with Gasteiger partial charge in [-0.25, -0.2) is 22.4 Å². The Kier molecular flexibility index (Phi) is 22.5. The molecule has 0 aliphatic rings. The first-order chi connectivity index (χ1) is 43.7. The van der Waals surface area contributed by atoms with Crippen LogP contribution in [0.5, 0.6) is 0 Å². The summed E-state index contributed by atoms with van der Waals surface area (Å²) in [7, 11) is 0. The van der Waals surface area contributed by atoms with E-state index >= 15 is 0 Å². The predicted molar refractivity (Wildman–Crippen MR) is 346 cm³/mol. The van der Waals surface area contributed by atoms with Gasteiger partial charge in [-0.05, 0) is 109 Å². The number of carboxylic acids is 1. The summed E-state index contributed by atoms with van der Waals surface area (Å²) in [6.07, 6.45) is 5.80. The predicted octanol–water partition coefficient (Wildman–Crippen LogP) is 15.7. The van der Waals surface area contributed by atoms with Gasteiger partial charge in [0.15, 0.2) is 28.9 Å². The number of aliphatic carboxylic acids is 1. The minimum Gasteiger partial charge on any atom is -0.475 e. The minimum absolute atomic E-state index is 0.0547. The highest BCUT2D eigenvalue weighted by Gasteiger charge is 2.23. The van der Waals surface area contributed by atoms with E-state index in [1.54, 1.807) is 93.1 Å². The number of alkyl halides is 1. The second-order valence-corrected chi connectivity index (χ2v) is 21.5. The number of para-hydroxylation sites is 4. The van der Waals surface area contributed by atoms with E-state index in [2.05, 4.69) is 20.9 Å². The molecule has 0 spiro atoms. The Morgan fingerprint density at radius 2 is 0.714 bits per heavy atom. The van der Waals surface area contributed by atoms with Crippen LogP contribution in [0.4, 0.5) is 17.6 Å². The zero-order valence-electron chi connectivity index (χ0n) is 49.5. The van der Waals surface area contributed by atoms with Crippen molar-refractivity contribution in [2.24, 2.45) is 0 Å². The fourth-order valence-corrected chi connectivity index (χ4v) is 10.2. The number of fused-ring (bicyclic) bond motifs is 4. The molecule has 4 aromatic heterocycles. The van der Waals surface area contributed by atoms with Crippen molar-refractivity contribution in [2.75, 3.05) is 0 Å². The van der Waals surface area contributed by atoms with Gasteiger partial charge < -0.3 is 23.8 Å². The molecule has 0 bridgehead atoms. The van der Waals surface area contributed by atoms with Crippen LogP contribution < -0.4 is 0 Å². The van der Waals surface area contributed by atoms with E-state index < -0.39 is 41.9 Å². The smallest absolute Gasteiger partial charge is 0.372 e. The third kappa shape index (κ3) is 17.5. The zero-order chi connectivity index (χ0) is 65.3. The molecule has 91 heavy (non-hydrogen) atoms. The number of ketones is 7. The van der Waals surface area contributed by atoms with Crippen LogP contribution in [-0.4, -0.2) is 70.2 Å². The fraction of sp³-hybridized carbons (Fsp3) is 0.123. The monoisotopic (exact) mass is 1290 g/mol. The normalized spacial score (nSPS) is 10.6. The maximum atomic E-state index is 13.1. The third-order valence-corrected chi connectivity index (χ3v) is 15.1. The first kappa shape index (κ1) is 66.2. The quantitative estimate of drug-likeness (QED) is 0.0294. The Morgan fingerprint density at radius 1 is 0.396 bits per heavy atom. The molecule has 0 radical (unpaired) electrons. The standard InChI is InChI=1S/C20H16FNO3.C19H14FNO4.C17H14FNO.C10H9NO.C7H6BrF/c1-13(23)19(24)10-20(25)17-12-22(18-5-3-2-4-16(17)18)11-14-6-8-15(21)9-7-14;20-13-7-5-12(6-8-13)10-21-11-15(14-3-1-2-4-16(14)21)17(22)9-18(23)19(24)25;1-12(20)16-11-19(17-5-3-2-4-15(16)17)10-13-6-8-14(18)9-7-13;1-7(12)9-6-11-10-5-3-2-4-8(9)10;8-5-6-1-3-7(9)4-2-6/h2-9,12H,10-11H2,1H3;1-8,11H,9-10H2,(H,24,25);2-9,11H,10H2,1H3;2-6,11H,1H3;1-4H,5H2. The number of hydrogen-bond donors (Lipinski definition) is 2. The van der Waals surface area contributed by atoms with Gasteiger partial charge in [0.05, 0.1) is 12.8 Å². The maximum absolute atomic E-state index is 13.1. The van der Waals surface area contributed by atoms with Crippen LogP contribution in [0.25, 0.3) is 43.6 Å². The van der Waals surface area contributed by atoms with Gasteiger partial charge in [-0.15, -0.1) is 0 Å². The van der Waals surface area contributed by atoms with Crippen LogP contribution in [-0.2, 0) is 44.1 Å². The van der Waals surface area contributed by atoms with Gasteiger partial charge in [-0.1, -0.05) is 137 Å². The van der Waals surface area contributed by atoms with E-state index in [4.69, 9.17) is 5.11 Å². The summed E-state index contributed by atoms with van der Waals surface area (Å²) in [5.74, 6) is -5.89. The van der Waals surface area contributed by atoms with Crippen molar-refractivity contribution in [3.63, 3.8) is 0 Å². The summed E-state index contributed by atoms with van der Waals surface area (Å²) in [4.78, 5) is 95.3. The highest BCUT2D eigenvalue weighted by Crippen LogP contribution is 2.27. The molecule has 460 valence electrons. The van der Waals surface area contributed by atoms with Gasteiger partial charge in [0.25, 0.3) is 0 Å². The van der Waals surface area contributed by atoms with Crippen molar-refractivity contribution in [3.8, 4) is 0 Å². The Labute approximate surface area is 528 Å². The maximum Gasteiger partial charge on any atom is 0.372 e. The van der Waals surface area contributed by atoms with Crippen LogP contribution in [0.2, 0.25) is 0 Å². The van der Waals surface area contributed by atoms with Crippen LogP contribution >= 0.6 is 15.9 Å². The van der Waals surface area contributed by atoms with E-state index in [9.17, 15) is 55.9 Å². The number of hydrogen-bond acceptors (Lipinski definition) is 8. The molecule has 0 unspecified atom stereocenters. The number of nitrogens with one attached hydrogen (secondary N) is 1. The molecular weight excluding hydrogens is 1230 g/mol. The SMILES string of the molecule is CC(=O)C(=O)CC(=O)c1cn(Cc2ccc(F)cc2)c2ccccc12.CC(=O)c1c[nH]c2ccccc12.CC(=O)c1cn(Cc2ccc(F)cc2)c2ccccc12.Fc1ccc(CBr)cc1.O=C(O)C(=O)CC(=O)c1cn(Cc2ccc(F)cc2)c2ccccc12. The van der Waals surface area contributed by atoms with Gasteiger partial charge in [-0.3, -0.25) is 33.6 Å². The highest BCUT2D eigenvalue weighted by molar-refractivity contribution is 9.08. The number of carbonyl (C=O) groups excluding carboxylic acids is 7. The van der Waals surface area contributed by atoms with Crippen molar-refractivity contribution >= 4 is 106 Å². The van der Waals surface area contributed by atoms with Gasteiger partial charge in [0, 0.05) is 123 Å². The van der Waals surface area contributed by atoms with Crippen molar-refractivity contribution in [3.05, 3.63) is 287 Å². The molecule has 18 heteroatoms. The summed E-state index contributed by atoms with van der Waals surface area (Å²) in [6.45, 7) is 5.82. The van der Waals surface area contributed by atoms with Crippen LogP contribution in [0.3, 0.4) is 0 Å². The first-order valence-electron chi connectivity index (χ1n) is 28.4. The molecule has 13 nitrogen and oxygen atoms in total. The Balaban J connectivity index is 0.000000153. The number of rotatable bonds is 17. The van der Waals surface area contributed by atoms with Crippen LogP contribution in [0.15, 0.2) is 219 Å².